The van der Waals surface area contributed by atoms with Crippen molar-refractivity contribution in [2.24, 2.45) is 0 Å². The van der Waals surface area contributed by atoms with Gasteiger partial charge in [0.25, 0.3) is 0 Å². The summed E-state index contributed by atoms with van der Waals surface area (Å²) in [4.78, 5) is 3.30. The Morgan fingerprint density at radius 3 is 2.52 bits per heavy atom. The summed E-state index contributed by atoms with van der Waals surface area (Å²) < 4.78 is 8.38. The third-order valence-corrected chi connectivity index (χ3v) is 4.62. The predicted octanol–water partition coefficient (Wildman–Crippen LogP) is 4.05. The summed E-state index contributed by atoms with van der Waals surface area (Å²) in [7, 11) is 1.69. The van der Waals surface area contributed by atoms with Gasteiger partial charge < -0.3 is 14.3 Å². The van der Waals surface area contributed by atoms with Crippen LogP contribution >= 0.6 is 12.2 Å². The Balaban J connectivity index is 1.84. The maximum absolute atomic E-state index is 5.55. The molecule has 1 heterocycles. The molecule has 0 bridgehead atoms. The van der Waals surface area contributed by atoms with E-state index in [0.29, 0.717) is 6.04 Å². The van der Waals surface area contributed by atoms with Crippen molar-refractivity contribution in [3.05, 3.63) is 58.4 Å². The number of rotatable bonds is 2. The van der Waals surface area contributed by atoms with E-state index in [0.717, 1.165) is 34.4 Å². The lowest BCUT2D eigenvalue weighted by atomic mass is 10.1. The quantitative estimate of drug-likeness (QED) is 0.723. The van der Waals surface area contributed by atoms with Crippen LogP contribution in [0.1, 0.15) is 17.2 Å². The summed E-state index contributed by atoms with van der Waals surface area (Å²) in [6.45, 7) is 0. The number of hydrogen-bond donors (Lipinski definition) is 1. The van der Waals surface area contributed by atoms with Gasteiger partial charge >= 0.3 is 0 Å². The van der Waals surface area contributed by atoms with Gasteiger partial charge in [0.05, 0.1) is 18.1 Å². The van der Waals surface area contributed by atoms with Crippen LogP contribution < -0.4 is 4.74 Å². The highest BCUT2D eigenvalue weighted by Crippen LogP contribution is 2.33. The Morgan fingerprint density at radius 1 is 1.14 bits per heavy atom. The van der Waals surface area contributed by atoms with Crippen molar-refractivity contribution in [3.8, 4) is 5.75 Å². The highest BCUT2D eigenvalue weighted by atomic mass is 32.1. The molecule has 1 N–H and O–H groups in total. The van der Waals surface area contributed by atoms with Gasteiger partial charge in [-0.3, -0.25) is 0 Å². The molecule has 3 nitrogen and oxygen atoms in total. The Labute approximate surface area is 128 Å². The van der Waals surface area contributed by atoms with Crippen LogP contribution in [0.4, 0.5) is 0 Å². The molecule has 0 saturated carbocycles. The van der Waals surface area contributed by atoms with Crippen molar-refractivity contribution < 1.29 is 4.74 Å². The number of H-pyrrole nitrogens is 1. The molecule has 0 amide bonds. The Bertz CT molecular complexity index is 853. The van der Waals surface area contributed by atoms with E-state index in [2.05, 4.69) is 39.9 Å². The zero-order chi connectivity index (χ0) is 14.4. The van der Waals surface area contributed by atoms with Gasteiger partial charge in [-0.15, -0.1) is 0 Å². The molecule has 3 aromatic rings. The molecule has 0 radical (unpaired) electrons. The zero-order valence-corrected chi connectivity index (χ0v) is 12.6. The fourth-order valence-electron chi connectivity index (χ4n) is 3.31. The van der Waals surface area contributed by atoms with Gasteiger partial charge in [-0.2, -0.15) is 0 Å². The SMILES string of the molecule is COc1ccc2[nH]c(=S)n(C3Cc4ccccc4C3)c2c1. The molecule has 106 valence electrons. The Hall–Kier alpha value is -2.07. The largest absolute Gasteiger partial charge is 0.497 e. The lowest BCUT2D eigenvalue weighted by Crippen LogP contribution is -2.09. The molecule has 1 aliphatic rings. The lowest BCUT2D eigenvalue weighted by Gasteiger charge is -2.13. The van der Waals surface area contributed by atoms with Gasteiger partial charge in [0.15, 0.2) is 4.77 Å². The molecule has 0 spiro atoms. The van der Waals surface area contributed by atoms with Crippen LogP contribution in [0.15, 0.2) is 42.5 Å². The summed E-state index contributed by atoms with van der Waals surface area (Å²) in [5, 5.41) is 0. The molecular formula is C17H16N2OS. The average Bonchev–Trinajstić information content (AvgIpc) is 3.05. The van der Waals surface area contributed by atoms with Crippen molar-refractivity contribution in [3.63, 3.8) is 0 Å². The maximum atomic E-state index is 5.55. The first-order valence-electron chi connectivity index (χ1n) is 7.11. The second-order valence-electron chi connectivity index (χ2n) is 5.51. The van der Waals surface area contributed by atoms with E-state index in [1.807, 2.05) is 12.1 Å². The van der Waals surface area contributed by atoms with Gasteiger partial charge in [0, 0.05) is 12.1 Å². The highest BCUT2D eigenvalue weighted by molar-refractivity contribution is 7.71. The van der Waals surface area contributed by atoms with E-state index >= 15 is 0 Å². The van der Waals surface area contributed by atoms with E-state index in [1.54, 1.807) is 7.11 Å². The molecule has 0 saturated heterocycles. The van der Waals surface area contributed by atoms with Crippen LogP contribution in [0, 0.1) is 4.77 Å². The number of aromatic amines is 1. The molecule has 0 fully saturated rings. The van der Waals surface area contributed by atoms with Gasteiger partial charge in [-0.1, -0.05) is 24.3 Å². The number of benzene rings is 2. The zero-order valence-electron chi connectivity index (χ0n) is 11.8. The number of nitrogens with zero attached hydrogens (tertiary/aromatic N) is 1. The van der Waals surface area contributed by atoms with Crippen LogP contribution in [-0.2, 0) is 12.8 Å². The van der Waals surface area contributed by atoms with Crippen LogP contribution in [0.5, 0.6) is 5.75 Å². The van der Waals surface area contributed by atoms with Crippen molar-refractivity contribution in [2.45, 2.75) is 18.9 Å². The lowest BCUT2D eigenvalue weighted by molar-refractivity contribution is 0.415. The number of imidazole rings is 1. The summed E-state index contributed by atoms with van der Waals surface area (Å²) in [6, 6.07) is 15.1. The normalized spacial score (nSPS) is 14.5. The summed E-state index contributed by atoms with van der Waals surface area (Å²) >= 11 is 5.55. The average molecular weight is 296 g/mol. The smallest absolute Gasteiger partial charge is 0.178 e. The molecule has 0 atom stereocenters. The number of ether oxygens (including phenoxy) is 1. The van der Waals surface area contributed by atoms with Gasteiger partial charge in [0.1, 0.15) is 5.75 Å². The van der Waals surface area contributed by atoms with E-state index in [4.69, 9.17) is 17.0 Å². The van der Waals surface area contributed by atoms with E-state index < -0.39 is 0 Å². The van der Waals surface area contributed by atoms with E-state index in [9.17, 15) is 0 Å². The first-order chi connectivity index (χ1) is 10.3. The van der Waals surface area contributed by atoms with Gasteiger partial charge in [-0.25, -0.2) is 0 Å². The molecule has 4 rings (SSSR count). The fraction of sp³-hybridized carbons (Fsp3) is 0.235. The van der Waals surface area contributed by atoms with Crippen molar-refractivity contribution in [1.82, 2.24) is 9.55 Å². The van der Waals surface area contributed by atoms with Crippen LogP contribution in [0.2, 0.25) is 0 Å². The van der Waals surface area contributed by atoms with Gasteiger partial charge in [0.2, 0.25) is 0 Å². The maximum Gasteiger partial charge on any atom is 0.178 e. The predicted molar refractivity (Wildman–Crippen MR) is 86.6 cm³/mol. The second-order valence-corrected chi connectivity index (χ2v) is 5.90. The molecule has 2 aromatic carbocycles. The third-order valence-electron chi connectivity index (χ3n) is 4.32. The number of nitrogens with one attached hydrogen (secondary N) is 1. The van der Waals surface area contributed by atoms with E-state index in [1.165, 1.54) is 11.1 Å². The summed E-state index contributed by atoms with van der Waals surface area (Å²) in [6.07, 6.45) is 2.07. The topological polar surface area (TPSA) is 29.9 Å². The molecule has 1 aliphatic carbocycles. The fourth-order valence-corrected chi connectivity index (χ4v) is 3.67. The van der Waals surface area contributed by atoms with Gasteiger partial charge in [-0.05, 0) is 48.3 Å². The van der Waals surface area contributed by atoms with Crippen LogP contribution in [0.25, 0.3) is 11.0 Å². The minimum absolute atomic E-state index is 0.385. The molecule has 1 aromatic heterocycles. The first-order valence-corrected chi connectivity index (χ1v) is 7.52. The summed E-state index contributed by atoms with van der Waals surface area (Å²) in [5.41, 5.74) is 5.05. The van der Waals surface area contributed by atoms with E-state index in [-0.39, 0.29) is 0 Å². The van der Waals surface area contributed by atoms with Crippen LogP contribution in [-0.4, -0.2) is 16.7 Å². The summed E-state index contributed by atoms with van der Waals surface area (Å²) in [5.74, 6) is 0.862. The minimum Gasteiger partial charge on any atom is -0.497 e. The standard InChI is InChI=1S/C17H16N2OS/c1-20-14-6-7-15-16(10-14)19(17(21)18-15)13-8-11-4-2-3-5-12(11)9-13/h2-7,10,13H,8-9H2,1H3,(H,18,21). The monoisotopic (exact) mass is 296 g/mol. The Kier molecular flexibility index (Phi) is 2.86. The molecular weight excluding hydrogens is 280 g/mol. The molecule has 0 aliphatic heterocycles. The number of methoxy groups -OCH3 is 1. The first kappa shape index (κ1) is 12.7. The minimum atomic E-state index is 0.385. The second kappa shape index (κ2) is 4.74. The van der Waals surface area contributed by atoms with Crippen molar-refractivity contribution >= 4 is 23.3 Å². The number of hydrogen-bond acceptors (Lipinski definition) is 2. The van der Waals surface area contributed by atoms with Crippen molar-refractivity contribution in [2.75, 3.05) is 7.11 Å². The highest BCUT2D eigenvalue weighted by Gasteiger charge is 2.24. The Morgan fingerprint density at radius 2 is 1.86 bits per heavy atom. The third kappa shape index (κ3) is 1.98. The molecule has 4 heteroatoms. The molecule has 21 heavy (non-hydrogen) atoms. The van der Waals surface area contributed by atoms with Crippen molar-refractivity contribution in [1.29, 1.82) is 0 Å². The number of aromatic nitrogens is 2. The van der Waals surface area contributed by atoms with Crippen LogP contribution in [0.3, 0.4) is 0 Å². The molecule has 0 unspecified atom stereocenters. The number of fused-ring (bicyclic) bond motifs is 2.